The lowest BCUT2D eigenvalue weighted by atomic mass is 9.97. The summed E-state index contributed by atoms with van der Waals surface area (Å²) in [6.07, 6.45) is 3.24. The summed E-state index contributed by atoms with van der Waals surface area (Å²) in [5.74, 6) is 2.05. The van der Waals surface area contributed by atoms with Crippen LogP contribution in [-0.4, -0.2) is 46.8 Å². The van der Waals surface area contributed by atoms with Crippen molar-refractivity contribution in [2.45, 2.75) is 19.4 Å². The van der Waals surface area contributed by atoms with Crippen LogP contribution in [0.5, 0.6) is 5.88 Å². The fourth-order valence-electron chi connectivity index (χ4n) is 3.95. The van der Waals surface area contributed by atoms with Gasteiger partial charge in [0.25, 0.3) is 0 Å². The average Bonchev–Trinajstić information content (AvgIpc) is 3.30. The number of rotatable bonds is 3. The Bertz CT molecular complexity index is 1220. The van der Waals surface area contributed by atoms with E-state index in [1.165, 1.54) is 6.20 Å². The molecule has 4 N–H and O–H groups in total. The Labute approximate surface area is 188 Å². The fourth-order valence-corrected chi connectivity index (χ4v) is 5.04. The van der Waals surface area contributed by atoms with Gasteiger partial charge in [-0.2, -0.15) is 11.8 Å². The second kappa shape index (κ2) is 8.34. The van der Waals surface area contributed by atoms with Gasteiger partial charge in [-0.05, 0) is 42.2 Å². The van der Waals surface area contributed by atoms with E-state index in [-0.39, 0.29) is 11.8 Å². The van der Waals surface area contributed by atoms with Crippen LogP contribution in [0.2, 0.25) is 0 Å². The molecule has 0 saturated carbocycles. The zero-order chi connectivity index (χ0) is 22.2. The molecule has 4 heterocycles. The number of nitrogens with one attached hydrogen (secondary N) is 2. The molecule has 2 aliphatic heterocycles. The monoisotopic (exact) mass is 455 g/mol. The minimum atomic E-state index is -0.555. The van der Waals surface area contributed by atoms with Crippen LogP contribution in [0.3, 0.4) is 0 Å². The second-order valence-electron chi connectivity index (χ2n) is 7.71. The van der Waals surface area contributed by atoms with Crippen molar-refractivity contribution in [2.24, 2.45) is 0 Å². The number of ether oxygens (including phenoxy) is 2. The summed E-state index contributed by atoms with van der Waals surface area (Å²) in [4.78, 5) is 20.7. The number of carbonyl (C=O) groups is 1. The molecule has 0 bridgehead atoms. The Balaban J connectivity index is 1.50. The summed E-state index contributed by atoms with van der Waals surface area (Å²) >= 11 is 1.76. The average molecular weight is 456 g/mol. The van der Waals surface area contributed by atoms with Crippen molar-refractivity contribution in [1.82, 2.24) is 9.97 Å². The van der Waals surface area contributed by atoms with E-state index in [9.17, 15) is 4.79 Å². The smallest absolute Gasteiger partial charge is 0.413 e. The van der Waals surface area contributed by atoms with Crippen molar-refractivity contribution in [3.63, 3.8) is 0 Å². The van der Waals surface area contributed by atoms with E-state index in [2.05, 4.69) is 20.6 Å². The van der Waals surface area contributed by atoms with Crippen molar-refractivity contribution in [3.8, 4) is 17.0 Å². The van der Waals surface area contributed by atoms with Gasteiger partial charge in [0.1, 0.15) is 24.2 Å². The molecule has 0 radical (unpaired) electrons. The highest BCUT2D eigenvalue weighted by atomic mass is 32.2. The third kappa shape index (κ3) is 3.75. The van der Waals surface area contributed by atoms with Crippen molar-refractivity contribution in [2.75, 3.05) is 41.0 Å². The molecular weight excluding hydrogens is 433 g/mol. The molecule has 10 heteroatoms. The van der Waals surface area contributed by atoms with E-state index in [1.807, 2.05) is 6.92 Å². The van der Waals surface area contributed by atoms with Crippen LogP contribution in [-0.2, 0) is 4.74 Å². The number of amides is 1. The lowest BCUT2D eigenvalue weighted by molar-refractivity contribution is 0.124. The number of nitrogen functional groups attached to an aromatic ring is 1. The highest BCUT2D eigenvalue weighted by Crippen LogP contribution is 2.39. The number of pyridine rings is 2. The molecule has 2 aliphatic rings. The van der Waals surface area contributed by atoms with Crippen molar-refractivity contribution in [3.05, 3.63) is 35.9 Å². The van der Waals surface area contributed by atoms with Crippen LogP contribution in [0.1, 0.15) is 12.0 Å². The number of nitrogens with two attached hydrogens (primary N) is 1. The summed E-state index contributed by atoms with van der Waals surface area (Å²) < 4.78 is 26.2. The lowest BCUT2D eigenvalue weighted by Gasteiger charge is -2.22. The van der Waals surface area contributed by atoms with Gasteiger partial charge in [0.05, 0.1) is 5.69 Å². The van der Waals surface area contributed by atoms with Gasteiger partial charge >= 0.3 is 6.09 Å². The minimum Gasteiger partial charge on any atom is -0.474 e. The van der Waals surface area contributed by atoms with E-state index in [4.69, 9.17) is 15.2 Å². The van der Waals surface area contributed by atoms with E-state index >= 15 is 4.39 Å². The van der Waals surface area contributed by atoms with Gasteiger partial charge in [-0.3, -0.25) is 5.32 Å². The highest BCUT2D eigenvalue weighted by Gasteiger charge is 2.22. The zero-order valence-electron chi connectivity index (χ0n) is 17.4. The number of carbonyl (C=O) groups excluding carboxylic acids is 1. The van der Waals surface area contributed by atoms with Gasteiger partial charge in [-0.25, -0.2) is 19.2 Å². The fraction of sp³-hybridized carbons (Fsp3) is 0.318. The van der Waals surface area contributed by atoms with Gasteiger partial charge in [0.2, 0.25) is 5.88 Å². The molecule has 0 spiro atoms. The standard InChI is InChI=1S/C22H22FN5O3S/c1-11-15(8-27-21-20(11)25-3-4-30-21)14-6-12-7-17(26-9-16(12)19(24)18(14)23)28-22(29)31-13-2-5-32-10-13/h6-9,13,25H,2-5,10,24H2,1H3,(H,26,28,29). The molecule has 1 amide bonds. The Hall–Kier alpha value is -3.27. The number of halogens is 1. The second-order valence-corrected chi connectivity index (χ2v) is 8.86. The zero-order valence-corrected chi connectivity index (χ0v) is 18.2. The summed E-state index contributed by atoms with van der Waals surface area (Å²) in [5, 5.41) is 7.01. The molecule has 1 saturated heterocycles. The largest absolute Gasteiger partial charge is 0.474 e. The normalized spacial score (nSPS) is 17.4. The highest BCUT2D eigenvalue weighted by molar-refractivity contribution is 7.99. The predicted molar refractivity (Wildman–Crippen MR) is 124 cm³/mol. The van der Waals surface area contributed by atoms with Crippen LogP contribution in [0.25, 0.3) is 21.9 Å². The van der Waals surface area contributed by atoms with Gasteiger partial charge in [-0.15, -0.1) is 0 Å². The predicted octanol–water partition coefficient (Wildman–Crippen LogP) is 4.18. The molecule has 3 aromatic rings. The van der Waals surface area contributed by atoms with Crippen LogP contribution in [0, 0.1) is 12.7 Å². The molecule has 0 aliphatic carbocycles. The van der Waals surface area contributed by atoms with Crippen LogP contribution in [0.15, 0.2) is 24.5 Å². The van der Waals surface area contributed by atoms with Gasteiger partial charge in [0, 0.05) is 41.2 Å². The quantitative estimate of drug-likeness (QED) is 0.504. The maximum absolute atomic E-state index is 15.2. The van der Waals surface area contributed by atoms with Crippen LogP contribution < -0.4 is 21.1 Å². The molecule has 5 rings (SSSR count). The number of anilines is 3. The first-order valence-corrected chi connectivity index (χ1v) is 11.5. The van der Waals surface area contributed by atoms with Gasteiger partial charge in [-0.1, -0.05) is 0 Å². The maximum Gasteiger partial charge on any atom is 0.413 e. The molecule has 8 nitrogen and oxygen atoms in total. The first kappa shape index (κ1) is 20.6. The van der Waals surface area contributed by atoms with E-state index < -0.39 is 11.9 Å². The van der Waals surface area contributed by atoms with Gasteiger partial charge < -0.3 is 20.5 Å². The number of fused-ring (bicyclic) bond motifs is 2. The van der Waals surface area contributed by atoms with Crippen LogP contribution >= 0.6 is 11.8 Å². The molecule has 32 heavy (non-hydrogen) atoms. The Morgan fingerprint density at radius 3 is 3.03 bits per heavy atom. The molecule has 1 atom stereocenters. The molecule has 1 fully saturated rings. The third-order valence-corrected chi connectivity index (χ3v) is 6.76. The number of hydrogen-bond donors (Lipinski definition) is 3. The van der Waals surface area contributed by atoms with Crippen molar-refractivity contribution in [1.29, 1.82) is 0 Å². The topological polar surface area (TPSA) is 111 Å². The number of thioether (sulfide) groups is 1. The maximum atomic E-state index is 15.2. The van der Waals surface area contributed by atoms with Gasteiger partial charge in [0.15, 0.2) is 5.82 Å². The summed E-state index contributed by atoms with van der Waals surface area (Å²) in [5.41, 5.74) is 8.59. The first-order valence-electron chi connectivity index (χ1n) is 10.3. The molecule has 1 unspecified atom stereocenters. The Kier molecular flexibility index (Phi) is 5.38. The molecule has 1 aromatic carbocycles. The SMILES string of the molecule is Cc1c(-c2cc3cc(NC(=O)OC4CCSC4)ncc3c(N)c2F)cnc2c1NCCO2. The summed E-state index contributed by atoms with van der Waals surface area (Å²) in [6, 6.07) is 3.34. The Morgan fingerprint density at radius 1 is 1.34 bits per heavy atom. The van der Waals surface area contributed by atoms with Crippen molar-refractivity contribution >= 4 is 45.8 Å². The van der Waals surface area contributed by atoms with Crippen molar-refractivity contribution < 1.29 is 18.7 Å². The first-order chi connectivity index (χ1) is 15.5. The van der Waals surface area contributed by atoms with E-state index in [0.29, 0.717) is 46.7 Å². The Morgan fingerprint density at radius 2 is 2.22 bits per heavy atom. The molecule has 166 valence electrons. The van der Waals surface area contributed by atoms with E-state index in [1.54, 1.807) is 30.1 Å². The number of aromatic nitrogens is 2. The minimum absolute atomic E-state index is 0.0107. The molecular formula is C22H22FN5O3S. The third-order valence-electron chi connectivity index (χ3n) is 5.63. The van der Waals surface area contributed by atoms with E-state index in [0.717, 1.165) is 29.2 Å². The number of nitrogens with zero attached hydrogens (tertiary/aromatic N) is 2. The number of benzene rings is 1. The lowest BCUT2D eigenvalue weighted by Crippen LogP contribution is -2.22. The number of hydrogen-bond acceptors (Lipinski definition) is 8. The summed E-state index contributed by atoms with van der Waals surface area (Å²) in [7, 11) is 0. The molecule has 2 aromatic heterocycles. The van der Waals surface area contributed by atoms with Crippen LogP contribution in [0.4, 0.5) is 26.4 Å². The summed E-state index contributed by atoms with van der Waals surface area (Å²) in [6.45, 7) is 3.06.